The summed E-state index contributed by atoms with van der Waals surface area (Å²) in [5.41, 5.74) is 0. The molecule has 0 bridgehead atoms. The Morgan fingerprint density at radius 3 is 2.47 bits per heavy atom. The summed E-state index contributed by atoms with van der Waals surface area (Å²) in [6.45, 7) is 6.27. The molecule has 4 heteroatoms. The maximum atomic E-state index is 12.1. The Kier molecular flexibility index (Phi) is 6.11. The Balaban J connectivity index is 1.53. The zero-order valence-corrected chi connectivity index (χ0v) is 12.4. The number of hydrogen-bond acceptors (Lipinski definition) is 3. The Hall–Kier alpha value is -0.610. The molecular formula is C15H29N3O. The van der Waals surface area contributed by atoms with Gasteiger partial charge in [-0.3, -0.25) is 4.79 Å². The lowest BCUT2D eigenvalue weighted by molar-refractivity contribution is -0.132. The van der Waals surface area contributed by atoms with Gasteiger partial charge in [-0.2, -0.15) is 0 Å². The fourth-order valence-corrected chi connectivity index (χ4v) is 3.09. The normalized spacial score (nSPS) is 22.7. The van der Waals surface area contributed by atoms with Crippen LogP contribution in [0.3, 0.4) is 0 Å². The maximum Gasteiger partial charge on any atom is 0.222 e. The van der Waals surface area contributed by atoms with Crippen molar-refractivity contribution >= 4 is 5.91 Å². The number of piperidine rings is 1. The molecule has 110 valence electrons. The lowest BCUT2D eigenvalue weighted by Crippen LogP contribution is -2.47. The van der Waals surface area contributed by atoms with Crippen LogP contribution in [0.5, 0.6) is 0 Å². The van der Waals surface area contributed by atoms with Crippen LogP contribution in [0.4, 0.5) is 0 Å². The monoisotopic (exact) mass is 267 g/mol. The highest BCUT2D eigenvalue weighted by Gasteiger charge is 2.18. The molecule has 0 aromatic rings. The van der Waals surface area contributed by atoms with Crippen LogP contribution in [0.15, 0.2) is 0 Å². The Labute approximate surface area is 117 Å². The smallest absolute Gasteiger partial charge is 0.222 e. The zero-order chi connectivity index (χ0) is 13.5. The van der Waals surface area contributed by atoms with Crippen LogP contribution in [0.1, 0.15) is 38.5 Å². The molecule has 4 nitrogen and oxygen atoms in total. The Morgan fingerprint density at radius 2 is 1.79 bits per heavy atom. The Bertz CT molecular complexity index is 269. The highest BCUT2D eigenvalue weighted by atomic mass is 16.2. The minimum atomic E-state index is 0.374. The molecule has 1 amide bonds. The average molecular weight is 267 g/mol. The van der Waals surface area contributed by atoms with E-state index in [0.717, 1.165) is 44.9 Å². The summed E-state index contributed by atoms with van der Waals surface area (Å²) in [5.74, 6) is 1.28. The zero-order valence-electron chi connectivity index (χ0n) is 12.4. The van der Waals surface area contributed by atoms with Crippen molar-refractivity contribution in [2.45, 2.75) is 38.5 Å². The topological polar surface area (TPSA) is 35.6 Å². The van der Waals surface area contributed by atoms with Crippen LogP contribution < -0.4 is 5.32 Å². The Morgan fingerprint density at radius 1 is 1.11 bits per heavy atom. The molecule has 2 heterocycles. The van der Waals surface area contributed by atoms with Crippen LogP contribution in [0, 0.1) is 5.92 Å². The molecular weight excluding hydrogens is 238 g/mol. The fraction of sp³-hybridized carbons (Fsp3) is 0.933. The van der Waals surface area contributed by atoms with Gasteiger partial charge in [0.15, 0.2) is 0 Å². The summed E-state index contributed by atoms with van der Waals surface area (Å²) in [6.07, 6.45) is 7.03. The van der Waals surface area contributed by atoms with Crippen molar-refractivity contribution in [1.82, 2.24) is 15.1 Å². The molecule has 0 unspecified atom stereocenters. The fourth-order valence-electron chi connectivity index (χ4n) is 3.09. The predicted octanol–water partition coefficient (Wildman–Crippen LogP) is 1.32. The van der Waals surface area contributed by atoms with E-state index in [9.17, 15) is 4.79 Å². The average Bonchev–Trinajstić information content (AvgIpc) is 2.45. The molecule has 19 heavy (non-hydrogen) atoms. The van der Waals surface area contributed by atoms with Crippen molar-refractivity contribution in [2.24, 2.45) is 5.92 Å². The largest absolute Gasteiger partial charge is 0.340 e. The minimum absolute atomic E-state index is 0.374. The number of piperazine rings is 1. The summed E-state index contributed by atoms with van der Waals surface area (Å²) >= 11 is 0. The first kappa shape index (κ1) is 14.8. The molecule has 2 rings (SSSR count). The molecule has 0 atom stereocenters. The second-order valence-electron chi connectivity index (χ2n) is 6.12. The molecule has 1 N–H and O–H groups in total. The first-order valence-corrected chi connectivity index (χ1v) is 7.93. The molecule has 2 aliphatic rings. The van der Waals surface area contributed by atoms with Gasteiger partial charge < -0.3 is 15.1 Å². The van der Waals surface area contributed by atoms with Crippen molar-refractivity contribution in [3.05, 3.63) is 0 Å². The van der Waals surface area contributed by atoms with Gasteiger partial charge in [0.1, 0.15) is 0 Å². The molecule has 2 aliphatic heterocycles. The molecule has 0 saturated carbocycles. The summed E-state index contributed by atoms with van der Waals surface area (Å²) in [5, 5.41) is 3.41. The second kappa shape index (κ2) is 7.85. The van der Waals surface area contributed by atoms with Crippen LogP contribution in [0.25, 0.3) is 0 Å². The number of unbranched alkanes of at least 4 members (excludes halogenated alkanes) is 1. The van der Waals surface area contributed by atoms with Gasteiger partial charge in [0.05, 0.1) is 0 Å². The van der Waals surface area contributed by atoms with E-state index in [0.29, 0.717) is 5.91 Å². The molecule has 2 fully saturated rings. The van der Waals surface area contributed by atoms with Crippen molar-refractivity contribution in [3.8, 4) is 0 Å². The van der Waals surface area contributed by atoms with Crippen LogP contribution in [0.2, 0.25) is 0 Å². The van der Waals surface area contributed by atoms with E-state index in [1.54, 1.807) is 0 Å². The van der Waals surface area contributed by atoms with Crippen LogP contribution >= 0.6 is 0 Å². The van der Waals surface area contributed by atoms with Gasteiger partial charge in [0.25, 0.3) is 0 Å². The number of amides is 1. The first-order chi connectivity index (χ1) is 9.25. The molecule has 0 aromatic heterocycles. The van der Waals surface area contributed by atoms with E-state index in [4.69, 9.17) is 0 Å². The third kappa shape index (κ3) is 5.11. The number of nitrogens with zero attached hydrogens (tertiary/aromatic N) is 2. The van der Waals surface area contributed by atoms with E-state index in [1.165, 1.54) is 38.8 Å². The lowest BCUT2D eigenvalue weighted by atomic mass is 9.92. The van der Waals surface area contributed by atoms with E-state index in [-0.39, 0.29) is 0 Å². The van der Waals surface area contributed by atoms with Gasteiger partial charge in [-0.1, -0.05) is 12.8 Å². The van der Waals surface area contributed by atoms with Crippen LogP contribution in [-0.2, 0) is 4.79 Å². The van der Waals surface area contributed by atoms with Gasteiger partial charge in [-0.25, -0.2) is 0 Å². The van der Waals surface area contributed by atoms with E-state index >= 15 is 0 Å². The lowest BCUT2D eigenvalue weighted by Gasteiger charge is -2.32. The van der Waals surface area contributed by atoms with Gasteiger partial charge >= 0.3 is 0 Å². The third-order valence-corrected chi connectivity index (χ3v) is 4.57. The minimum Gasteiger partial charge on any atom is -0.340 e. The second-order valence-corrected chi connectivity index (χ2v) is 6.12. The highest BCUT2D eigenvalue weighted by molar-refractivity contribution is 5.76. The number of rotatable bonds is 5. The molecule has 2 saturated heterocycles. The SMILES string of the molecule is CN1CCN(C(=O)CCCCC2CCNCC2)CC1. The van der Waals surface area contributed by atoms with E-state index < -0.39 is 0 Å². The number of carbonyl (C=O) groups is 1. The quantitative estimate of drug-likeness (QED) is 0.763. The number of hydrogen-bond donors (Lipinski definition) is 1. The molecule has 0 radical (unpaired) electrons. The third-order valence-electron chi connectivity index (χ3n) is 4.57. The van der Waals surface area contributed by atoms with Gasteiger partial charge in [-0.15, -0.1) is 0 Å². The van der Waals surface area contributed by atoms with Gasteiger partial charge in [0, 0.05) is 32.6 Å². The summed E-state index contributed by atoms with van der Waals surface area (Å²) < 4.78 is 0. The summed E-state index contributed by atoms with van der Waals surface area (Å²) in [4.78, 5) is 16.4. The standard InChI is InChI=1S/C15H29N3O/c1-17-10-12-18(13-11-17)15(19)5-3-2-4-14-6-8-16-9-7-14/h14,16H,2-13H2,1H3. The molecule has 0 aliphatic carbocycles. The van der Waals surface area contributed by atoms with Gasteiger partial charge in [0.2, 0.25) is 5.91 Å². The van der Waals surface area contributed by atoms with Gasteiger partial charge in [-0.05, 0) is 45.3 Å². The highest BCUT2D eigenvalue weighted by Crippen LogP contribution is 2.19. The van der Waals surface area contributed by atoms with E-state index in [2.05, 4.69) is 17.3 Å². The molecule has 0 spiro atoms. The van der Waals surface area contributed by atoms with Crippen LogP contribution in [-0.4, -0.2) is 62.0 Å². The van der Waals surface area contributed by atoms with Crippen molar-refractivity contribution in [1.29, 1.82) is 0 Å². The predicted molar refractivity (Wildman–Crippen MR) is 78.1 cm³/mol. The summed E-state index contributed by atoms with van der Waals surface area (Å²) in [7, 11) is 2.13. The first-order valence-electron chi connectivity index (χ1n) is 7.93. The van der Waals surface area contributed by atoms with Crippen molar-refractivity contribution in [2.75, 3.05) is 46.3 Å². The maximum absolute atomic E-state index is 12.1. The van der Waals surface area contributed by atoms with Crippen molar-refractivity contribution in [3.63, 3.8) is 0 Å². The number of likely N-dealkylation sites (N-methyl/N-ethyl adjacent to an activating group) is 1. The van der Waals surface area contributed by atoms with Crippen molar-refractivity contribution < 1.29 is 4.79 Å². The number of nitrogens with one attached hydrogen (secondary N) is 1. The summed E-state index contributed by atoms with van der Waals surface area (Å²) in [6, 6.07) is 0. The molecule has 0 aromatic carbocycles. The van der Waals surface area contributed by atoms with E-state index in [1.807, 2.05) is 4.90 Å². The number of carbonyl (C=O) groups excluding carboxylic acids is 1.